The summed E-state index contributed by atoms with van der Waals surface area (Å²) in [4.78, 5) is 24.2. The predicted octanol–water partition coefficient (Wildman–Crippen LogP) is 3.09. The molecule has 5 nitrogen and oxygen atoms in total. The summed E-state index contributed by atoms with van der Waals surface area (Å²) in [5.41, 5.74) is 1.40. The van der Waals surface area contributed by atoms with Gasteiger partial charge in [0.25, 0.3) is 11.8 Å². The van der Waals surface area contributed by atoms with Gasteiger partial charge >= 0.3 is 0 Å². The van der Waals surface area contributed by atoms with Crippen molar-refractivity contribution in [2.45, 2.75) is 19.4 Å². The van der Waals surface area contributed by atoms with Crippen LogP contribution in [0.3, 0.4) is 0 Å². The highest BCUT2D eigenvalue weighted by Gasteiger charge is 2.12. The number of halogens is 1. The van der Waals surface area contributed by atoms with Crippen LogP contribution in [-0.4, -0.2) is 29.6 Å². The molecule has 0 fully saturated rings. The maximum atomic E-state index is 12.2. The summed E-state index contributed by atoms with van der Waals surface area (Å²) in [6.07, 6.45) is 0.647. The molecule has 0 aromatic heterocycles. The van der Waals surface area contributed by atoms with Crippen LogP contribution in [0.5, 0.6) is 0 Å². The summed E-state index contributed by atoms with van der Waals surface area (Å²) in [7, 11) is 0. The molecule has 1 unspecified atom stereocenters. The van der Waals surface area contributed by atoms with Crippen LogP contribution in [0.2, 0.25) is 5.02 Å². The number of hydrogen-bond donors (Lipinski definition) is 3. The van der Waals surface area contributed by atoms with Gasteiger partial charge in [-0.05, 0) is 42.8 Å². The first-order valence-corrected chi connectivity index (χ1v) is 8.00. The van der Waals surface area contributed by atoms with Crippen molar-refractivity contribution in [2.24, 2.45) is 0 Å². The topological polar surface area (TPSA) is 78.4 Å². The lowest BCUT2D eigenvalue weighted by Gasteiger charge is -2.14. The number of amides is 2. The van der Waals surface area contributed by atoms with Gasteiger partial charge in [-0.25, -0.2) is 0 Å². The van der Waals surface area contributed by atoms with Gasteiger partial charge in [0.2, 0.25) is 0 Å². The fourth-order valence-electron chi connectivity index (χ4n) is 2.09. The van der Waals surface area contributed by atoms with Crippen LogP contribution in [0, 0.1) is 0 Å². The highest BCUT2D eigenvalue weighted by atomic mass is 35.5. The van der Waals surface area contributed by atoms with Crippen molar-refractivity contribution in [2.75, 3.05) is 11.9 Å². The van der Waals surface area contributed by atoms with Crippen molar-refractivity contribution >= 4 is 29.1 Å². The van der Waals surface area contributed by atoms with E-state index in [9.17, 15) is 9.59 Å². The zero-order chi connectivity index (χ0) is 17.5. The van der Waals surface area contributed by atoms with Crippen LogP contribution in [0.4, 0.5) is 5.69 Å². The second-order valence-electron chi connectivity index (χ2n) is 5.27. The SMILES string of the molecule is CCC(CO)NC(=O)c1ccc(NC(=O)c2ccccc2Cl)cc1. The molecule has 0 bridgehead atoms. The molecule has 0 aliphatic carbocycles. The van der Waals surface area contributed by atoms with Crippen LogP contribution in [0.1, 0.15) is 34.1 Å². The summed E-state index contributed by atoms with van der Waals surface area (Å²) < 4.78 is 0. The van der Waals surface area contributed by atoms with Crippen molar-refractivity contribution < 1.29 is 14.7 Å². The van der Waals surface area contributed by atoms with Gasteiger partial charge in [0, 0.05) is 11.3 Å². The third kappa shape index (κ3) is 4.57. The Kier molecular flexibility index (Phi) is 6.35. The molecule has 126 valence electrons. The minimum Gasteiger partial charge on any atom is -0.394 e. The van der Waals surface area contributed by atoms with Crippen LogP contribution in [-0.2, 0) is 0 Å². The van der Waals surface area contributed by atoms with Gasteiger partial charge in [0.1, 0.15) is 0 Å². The maximum absolute atomic E-state index is 12.2. The molecule has 1 atom stereocenters. The van der Waals surface area contributed by atoms with E-state index >= 15 is 0 Å². The molecule has 0 saturated carbocycles. The molecule has 2 aromatic carbocycles. The molecule has 6 heteroatoms. The third-order valence-corrected chi connectivity index (χ3v) is 3.90. The quantitative estimate of drug-likeness (QED) is 0.752. The van der Waals surface area contributed by atoms with E-state index < -0.39 is 0 Å². The Morgan fingerprint density at radius 3 is 2.33 bits per heavy atom. The molecule has 0 radical (unpaired) electrons. The van der Waals surface area contributed by atoms with Crippen LogP contribution >= 0.6 is 11.6 Å². The molecule has 2 amide bonds. The average Bonchev–Trinajstić information content (AvgIpc) is 2.60. The standard InChI is InChI=1S/C18H19ClN2O3/c1-2-13(11-22)20-17(23)12-7-9-14(10-8-12)21-18(24)15-5-3-4-6-16(15)19/h3-10,13,22H,2,11H2,1H3,(H,20,23)(H,21,24). The first-order chi connectivity index (χ1) is 11.5. The molecule has 3 N–H and O–H groups in total. The lowest BCUT2D eigenvalue weighted by atomic mass is 10.1. The Morgan fingerprint density at radius 1 is 1.08 bits per heavy atom. The van der Waals surface area contributed by atoms with E-state index in [-0.39, 0.29) is 24.5 Å². The van der Waals surface area contributed by atoms with Crippen LogP contribution in [0.15, 0.2) is 48.5 Å². The van der Waals surface area contributed by atoms with E-state index in [4.69, 9.17) is 16.7 Å². The van der Waals surface area contributed by atoms with Gasteiger partial charge in [-0.2, -0.15) is 0 Å². The first kappa shape index (κ1) is 18.0. The van der Waals surface area contributed by atoms with Gasteiger partial charge in [0.15, 0.2) is 0 Å². The smallest absolute Gasteiger partial charge is 0.257 e. The second-order valence-corrected chi connectivity index (χ2v) is 5.68. The number of anilines is 1. The minimum absolute atomic E-state index is 0.103. The van der Waals surface area contributed by atoms with E-state index in [1.165, 1.54) is 0 Å². The number of rotatable bonds is 6. The monoisotopic (exact) mass is 346 g/mol. The Balaban J connectivity index is 2.03. The fraction of sp³-hybridized carbons (Fsp3) is 0.222. The van der Waals surface area contributed by atoms with E-state index in [1.54, 1.807) is 48.5 Å². The number of carbonyl (C=O) groups is 2. The number of nitrogens with one attached hydrogen (secondary N) is 2. The van der Waals surface area contributed by atoms with Crippen molar-refractivity contribution in [3.63, 3.8) is 0 Å². The minimum atomic E-state index is -0.316. The molecule has 0 aliphatic heterocycles. The fourth-order valence-corrected chi connectivity index (χ4v) is 2.32. The number of aliphatic hydroxyl groups excluding tert-OH is 1. The van der Waals surface area contributed by atoms with E-state index in [0.717, 1.165) is 0 Å². The molecule has 0 spiro atoms. The summed E-state index contributed by atoms with van der Waals surface area (Å²) in [5.74, 6) is -0.580. The molecule has 0 saturated heterocycles. The van der Waals surface area contributed by atoms with E-state index in [2.05, 4.69) is 10.6 Å². The number of benzene rings is 2. The molecular formula is C18H19ClN2O3. The van der Waals surface area contributed by atoms with Crippen molar-refractivity contribution in [1.29, 1.82) is 0 Å². The van der Waals surface area contributed by atoms with Crippen molar-refractivity contribution in [3.8, 4) is 0 Å². The predicted molar refractivity (Wildman–Crippen MR) is 94.5 cm³/mol. The van der Waals surface area contributed by atoms with Gasteiger partial charge in [0.05, 0.1) is 23.2 Å². The Hall–Kier alpha value is -2.37. The first-order valence-electron chi connectivity index (χ1n) is 7.62. The Morgan fingerprint density at radius 2 is 1.75 bits per heavy atom. The summed E-state index contributed by atoms with van der Waals surface area (Å²) >= 11 is 5.99. The lowest BCUT2D eigenvalue weighted by Crippen LogP contribution is -2.36. The maximum Gasteiger partial charge on any atom is 0.257 e. The van der Waals surface area contributed by atoms with Crippen molar-refractivity contribution in [3.05, 3.63) is 64.7 Å². The molecule has 2 aromatic rings. The van der Waals surface area contributed by atoms with Gasteiger partial charge < -0.3 is 15.7 Å². The molecule has 0 aliphatic rings. The van der Waals surface area contributed by atoms with E-state index in [0.29, 0.717) is 28.3 Å². The third-order valence-electron chi connectivity index (χ3n) is 3.57. The molecular weight excluding hydrogens is 328 g/mol. The Bertz CT molecular complexity index is 712. The largest absolute Gasteiger partial charge is 0.394 e. The highest BCUT2D eigenvalue weighted by Crippen LogP contribution is 2.17. The van der Waals surface area contributed by atoms with Gasteiger partial charge in [-0.15, -0.1) is 0 Å². The summed E-state index contributed by atoms with van der Waals surface area (Å²) in [6, 6.07) is 13.0. The Labute approximate surface area is 145 Å². The van der Waals surface area contributed by atoms with Gasteiger partial charge in [-0.1, -0.05) is 30.7 Å². The zero-order valence-corrected chi connectivity index (χ0v) is 14.0. The summed E-state index contributed by atoms with van der Waals surface area (Å²) in [6.45, 7) is 1.78. The highest BCUT2D eigenvalue weighted by molar-refractivity contribution is 6.34. The lowest BCUT2D eigenvalue weighted by molar-refractivity contribution is 0.0914. The second kappa shape index (κ2) is 8.47. The molecule has 24 heavy (non-hydrogen) atoms. The normalized spacial score (nSPS) is 11.6. The molecule has 0 heterocycles. The number of hydrogen-bond acceptors (Lipinski definition) is 3. The van der Waals surface area contributed by atoms with Gasteiger partial charge in [-0.3, -0.25) is 9.59 Å². The zero-order valence-electron chi connectivity index (χ0n) is 13.3. The van der Waals surface area contributed by atoms with Crippen LogP contribution in [0.25, 0.3) is 0 Å². The number of aliphatic hydroxyl groups is 1. The number of carbonyl (C=O) groups excluding carboxylic acids is 2. The molecule has 2 rings (SSSR count). The average molecular weight is 347 g/mol. The van der Waals surface area contributed by atoms with Crippen molar-refractivity contribution in [1.82, 2.24) is 5.32 Å². The van der Waals surface area contributed by atoms with Crippen LogP contribution < -0.4 is 10.6 Å². The summed E-state index contributed by atoms with van der Waals surface area (Å²) in [5, 5.41) is 15.0. The van der Waals surface area contributed by atoms with E-state index in [1.807, 2.05) is 6.92 Å².